The number of carbonyl (C=O) groups excluding carboxylic acids is 6. The van der Waals surface area contributed by atoms with E-state index < -0.39 is 64.5 Å². The van der Waals surface area contributed by atoms with Crippen LogP contribution in [0.1, 0.15) is 37.8 Å². The molecule has 0 saturated carbocycles. The van der Waals surface area contributed by atoms with Crippen molar-refractivity contribution in [3.8, 4) is 0 Å². The highest BCUT2D eigenvalue weighted by molar-refractivity contribution is 6.06. The number of benzene rings is 3. The number of nitrogens with one attached hydrogen (secondary N) is 4. The molecule has 3 aromatic rings. The number of likely N-dealkylation sites (tertiary alicyclic amines) is 1. The lowest BCUT2D eigenvalue weighted by molar-refractivity contribution is -0.384. The van der Waals surface area contributed by atoms with E-state index in [-0.39, 0.29) is 37.1 Å². The van der Waals surface area contributed by atoms with Crippen LogP contribution in [0, 0.1) is 10.1 Å². The maximum atomic E-state index is 13.4. The number of hydrogen-bond acceptors (Lipinski definition) is 8. The van der Waals surface area contributed by atoms with Crippen molar-refractivity contribution >= 4 is 46.8 Å². The van der Waals surface area contributed by atoms with Gasteiger partial charge in [-0.2, -0.15) is 0 Å². The second-order valence-electron chi connectivity index (χ2n) is 11.4. The summed E-state index contributed by atoms with van der Waals surface area (Å²) < 4.78 is 0. The lowest BCUT2D eigenvalue weighted by atomic mass is 10.0. The van der Waals surface area contributed by atoms with E-state index >= 15 is 0 Å². The lowest BCUT2D eigenvalue weighted by Crippen LogP contribution is -2.57. The molecule has 0 bridgehead atoms. The molecular weight excluding hydrogens is 620 g/mol. The molecule has 1 aliphatic heterocycles. The molecular formula is C34H36N6O8. The van der Waals surface area contributed by atoms with Gasteiger partial charge >= 0.3 is 0 Å². The fourth-order valence-corrected chi connectivity index (χ4v) is 5.11. The Hall–Kier alpha value is -5.92. The summed E-state index contributed by atoms with van der Waals surface area (Å²) in [4.78, 5) is 89.2. The summed E-state index contributed by atoms with van der Waals surface area (Å²) in [6.07, 6.45) is 0.159. The van der Waals surface area contributed by atoms with E-state index in [2.05, 4.69) is 21.3 Å². The molecule has 48 heavy (non-hydrogen) atoms. The van der Waals surface area contributed by atoms with Crippen molar-refractivity contribution < 1.29 is 33.7 Å². The van der Waals surface area contributed by atoms with Crippen LogP contribution in [0.4, 0.5) is 11.4 Å². The van der Waals surface area contributed by atoms with Crippen molar-refractivity contribution in [2.45, 2.75) is 63.7 Å². The molecule has 4 rings (SSSR count). The summed E-state index contributed by atoms with van der Waals surface area (Å²) in [5, 5.41) is 21.4. The third-order valence-corrected chi connectivity index (χ3v) is 7.74. The minimum absolute atomic E-state index is 0.00274. The molecule has 4 N–H and O–H groups in total. The lowest BCUT2D eigenvalue weighted by Gasteiger charge is -2.27. The Morgan fingerprint density at radius 1 is 0.688 bits per heavy atom. The van der Waals surface area contributed by atoms with Crippen LogP contribution in [-0.2, 0) is 41.6 Å². The van der Waals surface area contributed by atoms with E-state index in [1.807, 2.05) is 0 Å². The second-order valence-corrected chi connectivity index (χ2v) is 11.4. The van der Waals surface area contributed by atoms with Gasteiger partial charge in [0.1, 0.15) is 24.2 Å². The average Bonchev–Trinajstić information content (AvgIpc) is 3.40. The molecule has 250 valence electrons. The van der Waals surface area contributed by atoms with E-state index in [1.54, 1.807) is 60.7 Å². The van der Waals surface area contributed by atoms with Crippen LogP contribution < -0.4 is 21.3 Å². The Balaban J connectivity index is 1.40. The number of hydrogen-bond donors (Lipinski definition) is 4. The zero-order valence-corrected chi connectivity index (χ0v) is 26.4. The largest absolute Gasteiger partial charge is 0.343 e. The molecule has 1 fully saturated rings. The smallest absolute Gasteiger partial charge is 0.269 e. The van der Waals surface area contributed by atoms with E-state index in [4.69, 9.17) is 0 Å². The van der Waals surface area contributed by atoms with Gasteiger partial charge in [0.25, 0.3) is 5.69 Å². The van der Waals surface area contributed by atoms with Crippen LogP contribution in [0.5, 0.6) is 0 Å². The third-order valence-electron chi connectivity index (χ3n) is 7.74. The van der Waals surface area contributed by atoms with Gasteiger partial charge in [0.2, 0.25) is 35.4 Å². The number of anilines is 1. The number of nitrogens with zero attached hydrogens (tertiary/aromatic N) is 2. The fourth-order valence-electron chi connectivity index (χ4n) is 5.11. The molecule has 0 radical (unpaired) electrons. The Bertz CT molecular complexity index is 1650. The molecule has 14 heteroatoms. The van der Waals surface area contributed by atoms with Gasteiger partial charge in [-0.1, -0.05) is 60.7 Å². The average molecular weight is 657 g/mol. The Morgan fingerprint density at radius 2 is 1.17 bits per heavy atom. The van der Waals surface area contributed by atoms with E-state index in [1.165, 1.54) is 38.1 Å². The second kappa shape index (κ2) is 16.1. The maximum absolute atomic E-state index is 13.4. The summed E-state index contributed by atoms with van der Waals surface area (Å²) in [5.41, 5.74) is 1.60. The van der Waals surface area contributed by atoms with Gasteiger partial charge < -0.3 is 21.3 Å². The standard InChI is InChI=1S/C34H36N6O8/c1-21(36-34(46)28(20-24-11-7-4-8-12-24)39-29(41)17-18-30(39)42)31(43)35-22(2)32(44)38-27(19-23-9-5-3-6-10-23)33(45)37-25-13-15-26(16-14-25)40(47)48/h3-16,21-22,27-28H,17-20H2,1-2H3,(H,35,43)(H,36,46)(H,37,45)(H,38,44)/t21-,22-,27-,28-/m0/s1. The monoisotopic (exact) mass is 656 g/mol. The number of imide groups is 1. The molecule has 1 aliphatic rings. The van der Waals surface area contributed by atoms with Crippen LogP contribution in [0.2, 0.25) is 0 Å². The minimum atomic E-state index is -1.17. The number of rotatable bonds is 14. The Kier molecular flexibility index (Phi) is 11.7. The summed E-state index contributed by atoms with van der Waals surface area (Å²) in [7, 11) is 0. The summed E-state index contributed by atoms with van der Waals surface area (Å²) >= 11 is 0. The summed E-state index contributed by atoms with van der Waals surface area (Å²) in [6, 6.07) is 18.5. The number of nitro benzene ring substituents is 1. The molecule has 0 aliphatic carbocycles. The first-order valence-electron chi connectivity index (χ1n) is 15.3. The highest BCUT2D eigenvalue weighted by Crippen LogP contribution is 2.20. The summed E-state index contributed by atoms with van der Waals surface area (Å²) in [5.74, 6) is -3.62. The quantitative estimate of drug-likeness (QED) is 0.115. The van der Waals surface area contributed by atoms with Crippen molar-refractivity contribution in [2.24, 2.45) is 0 Å². The van der Waals surface area contributed by atoms with Gasteiger partial charge in [-0.3, -0.25) is 43.8 Å². The third kappa shape index (κ3) is 9.31. The molecule has 14 nitrogen and oxygen atoms in total. The number of nitro groups is 1. The first-order chi connectivity index (χ1) is 22.9. The minimum Gasteiger partial charge on any atom is -0.343 e. The predicted octanol–water partition coefficient (Wildman–Crippen LogP) is 2.03. The molecule has 1 saturated heterocycles. The molecule has 0 spiro atoms. The number of carbonyl (C=O) groups is 6. The fraction of sp³-hybridized carbons (Fsp3) is 0.294. The number of amides is 6. The van der Waals surface area contributed by atoms with Gasteiger partial charge in [0, 0.05) is 43.5 Å². The van der Waals surface area contributed by atoms with Crippen LogP contribution in [0.25, 0.3) is 0 Å². The Morgan fingerprint density at radius 3 is 1.69 bits per heavy atom. The molecule has 1 heterocycles. The van der Waals surface area contributed by atoms with Gasteiger partial charge in [-0.05, 0) is 37.1 Å². The van der Waals surface area contributed by atoms with Gasteiger partial charge in [-0.25, -0.2) is 0 Å². The molecule has 3 aromatic carbocycles. The van der Waals surface area contributed by atoms with Gasteiger partial charge in [0.05, 0.1) is 4.92 Å². The zero-order valence-electron chi connectivity index (χ0n) is 26.4. The number of non-ortho nitro benzene ring substituents is 1. The van der Waals surface area contributed by atoms with Crippen molar-refractivity contribution in [1.29, 1.82) is 0 Å². The van der Waals surface area contributed by atoms with Crippen molar-refractivity contribution in [2.75, 3.05) is 5.32 Å². The molecule has 4 atom stereocenters. The van der Waals surface area contributed by atoms with E-state index in [9.17, 15) is 38.9 Å². The zero-order chi connectivity index (χ0) is 34.8. The van der Waals surface area contributed by atoms with Crippen molar-refractivity contribution in [3.63, 3.8) is 0 Å². The maximum Gasteiger partial charge on any atom is 0.269 e. The van der Waals surface area contributed by atoms with Gasteiger partial charge in [0.15, 0.2) is 0 Å². The first kappa shape index (κ1) is 34.9. The van der Waals surface area contributed by atoms with Gasteiger partial charge in [-0.15, -0.1) is 0 Å². The highest BCUT2D eigenvalue weighted by atomic mass is 16.6. The van der Waals surface area contributed by atoms with Crippen LogP contribution in [-0.4, -0.2) is 69.4 Å². The van der Waals surface area contributed by atoms with E-state index in [0.29, 0.717) is 0 Å². The molecule has 0 aromatic heterocycles. The molecule has 0 unspecified atom stereocenters. The normalized spacial score (nSPS) is 15.1. The first-order valence-corrected chi connectivity index (χ1v) is 15.3. The van der Waals surface area contributed by atoms with Crippen LogP contribution in [0.3, 0.4) is 0 Å². The Labute approximate surface area is 276 Å². The van der Waals surface area contributed by atoms with Crippen molar-refractivity contribution in [1.82, 2.24) is 20.9 Å². The van der Waals surface area contributed by atoms with Crippen molar-refractivity contribution in [3.05, 3.63) is 106 Å². The molecule has 6 amide bonds. The highest BCUT2D eigenvalue weighted by Gasteiger charge is 2.39. The van der Waals surface area contributed by atoms with Crippen LogP contribution >= 0.6 is 0 Å². The predicted molar refractivity (Wildman–Crippen MR) is 174 cm³/mol. The van der Waals surface area contributed by atoms with Crippen LogP contribution in [0.15, 0.2) is 84.9 Å². The SMILES string of the molecule is C[C@H](NC(=O)[C@H](C)NC(=O)[C@H](Cc1ccccc1)N1C(=O)CCC1=O)C(=O)N[C@@H](Cc1ccccc1)C(=O)Nc1ccc([N+](=O)[O-])cc1. The summed E-state index contributed by atoms with van der Waals surface area (Å²) in [6.45, 7) is 2.82. The topological polar surface area (TPSA) is 197 Å². The van der Waals surface area contributed by atoms with E-state index in [0.717, 1.165) is 16.0 Å².